The second kappa shape index (κ2) is 5.84. The molecule has 0 atom stereocenters. The summed E-state index contributed by atoms with van der Waals surface area (Å²) in [6, 6.07) is 7.38. The first-order valence-corrected chi connectivity index (χ1v) is 3.96. The maximum atomic E-state index is 7.27. The summed E-state index contributed by atoms with van der Waals surface area (Å²) >= 11 is 5.70. The van der Waals surface area contributed by atoms with Crippen molar-refractivity contribution in [2.45, 2.75) is 6.42 Å². The summed E-state index contributed by atoms with van der Waals surface area (Å²) in [5, 5.41) is 7.98. The quantitative estimate of drug-likeness (QED) is 0.603. The molecule has 13 heavy (non-hydrogen) atoms. The Morgan fingerprint density at radius 2 is 1.92 bits per heavy atom. The summed E-state index contributed by atoms with van der Waals surface area (Å²) in [5.41, 5.74) is 1.03. The molecule has 0 spiro atoms. The first-order valence-electron chi connectivity index (χ1n) is 3.58. The number of benzene rings is 1. The van der Waals surface area contributed by atoms with Gasteiger partial charge < -0.3 is 4.74 Å². The van der Waals surface area contributed by atoms with Crippen molar-refractivity contribution in [1.82, 2.24) is 0 Å². The van der Waals surface area contributed by atoms with E-state index in [9.17, 15) is 0 Å². The zero-order valence-corrected chi connectivity index (χ0v) is 8.78. The van der Waals surface area contributed by atoms with Crippen LogP contribution in [0.2, 0.25) is 5.02 Å². The van der Waals surface area contributed by atoms with E-state index < -0.39 is 0 Å². The standard InChI is InChI=1S/C9H10ClNO.ClH/c1-12-9(11)6-7-2-4-8(10)5-3-7;/h2-5,11H,6H2,1H3;1H. The molecule has 4 heteroatoms. The van der Waals surface area contributed by atoms with Gasteiger partial charge in [0.15, 0.2) is 5.90 Å². The van der Waals surface area contributed by atoms with Gasteiger partial charge in [0.2, 0.25) is 0 Å². The van der Waals surface area contributed by atoms with E-state index in [4.69, 9.17) is 21.7 Å². The molecular formula is C9H11Cl2NO. The summed E-state index contributed by atoms with van der Waals surface area (Å²) < 4.78 is 4.73. The topological polar surface area (TPSA) is 33.1 Å². The first kappa shape index (κ1) is 12.3. The maximum Gasteiger partial charge on any atom is 0.184 e. The zero-order chi connectivity index (χ0) is 8.97. The molecule has 0 aliphatic carbocycles. The Hall–Kier alpha value is -0.730. The molecule has 72 valence electrons. The monoisotopic (exact) mass is 219 g/mol. The van der Waals surface area contributed by atoms with E-state index in [0.717, 1.165) is 5.56 Å². The first-order chi connectivity index (χ1) is 5.72. The maximum absolute atomic E-state index is 7.27. The molecule has 1 N–H and O–H groups in total. The van der Waals surface area contributed by atoms with Crippen LogP contribution in [-0.2, 0) is 11.2 Å². The highest BCUT2D eigenvalue weighted by atomic mass is 35.5. The summed E-state index contributed by atoms with van der Waals surface area (Å²) in [6.45, 7) is 0. The molecular weight excluding hydrogens is 209 g/mol. The van der Waals surface area contributed by atoms with Crippen molar-refractivity contribution in [2.75, 3.05) is 7.11 Å². The van der Waals surface area contributed by atoms with Crippen molar-refractivity contribution < 1.29 is 4.74 Å². The molecule has 0 unspecified atom stereocenters. The second-order valence-corrected chi connectivity index (χ2v) is 2.87. The van der Waals surface area contributed by atoms with Crippen molar-refractivity contribution in [2.24, 2.45) is 0 Å². The fourth-order valence-electron chi connectivity index (χ4n) is 0.860. The highest BCUT2D eigenvalue weighted by Crippen LogP contribution is 2.10. The van der Waals surface area contributed by atoms with Crippen molar-refractivity contribution in [1.29, 1.82) is 5.41 Å². The normalized spacial score (nSPS) is 8.77. The molecule has 0 amide bonds. The van der Waals surface area contributed by atoms with Crippen molar-refractivity contribution in [3.63, 3.8) is 0 Å². The third-order valence-corrected chi connectivity index (χ3v) is 1.78. The fraction of sp³-hybridized carbons (Fsp3) is 0.222. The van der Waals surface area contributed by atoms with Crippen molar-refractivity contribution >= 4 is 29.9 Å². The van der Waals surface area contributed by atoms with Gasteiger partial charge in [-0.25, -0.2) is 0 Å². The summed E-state index contributed by atoms with van der Waals surface area (Å²) in [4.78, 5) is 0. The molecule has 1 rings (SSSR count). The lowest BCUT2D eigenvalue weighted by Gasteiger charge is -2.01. The molecule has 1 aromatic rings. The second-order valence-electron chi connectivity index (χ2n) is 2.43. The van der Waals surface area contributed by atoms with Gasteiger partial charge in [0.1, 0.15) is 0 Å². The number of hydrogen-bond acceptors (Lipinski definition) is 2. The van der Waals surface area contributed by atoms with Gasteiger partial charge in [0.05, 0.1) is 7.11 Å². The number of halogens is 2. The third kappa shape index (κ3) is 4.15. The number of ether oxygens (including phenoxy) is 1. The van der Waals surface area contributed by atoms with E-state index in [1.807, 2.05) is 12.1 Å². The molecule has 0 heterocycles. The summed E-state index contributed by atoms with van der Waals surface area (Å²) in [7, 11) is 1.50. The Kier molecular flexibility index (Phi) is 5.51. The predicted molar refractivity (Wildman–Crippen MR) is 57.1 cm³/mol. The molecule has 2 nitrogen and oxygen atoms in total. The van der Waals surface area contributed by atoms with Crippen LogP contribution >= 0.6 is 24.0 Å². The molecule has 0 aromatic heterocycles. The largest absolute Gasteiger partial charge is 0.484 e. The fourth-order valence-corrected chi connectivity index (χ4v) is 0.986. The number of methoxy groups -OCH3 is 1. The minimum atomic E-state index is 0. The zero-order valence-electron chi connectivity index (χ0n) is 7.21. The molecule has 0 aliphatic heterocycles. The highest BCUT2D eigenvalue weighted by molar-refractivity contribution is 6.30. The van der Waals surface area contributed by atoms with E-state index in [-0.39, 0.29) is 18.3 Å². The van der Waals surface area contributed by atoms with E-state index in [2.05, 4.69) is 0 Å². The third-order valence-electron chi connectivity index (χ3n) is 1.52. The predicted octanol–water partition coefficient (Wildman–Crippen LogP) is 2.93. The molecule has 0 saturated heterocycles. The van der Waals surface area contributed by atoms with Gasteiger partial charge in [0, 0.05) is 11.4 Å². The van der Waals surface area contributed by atoms with E-state index in [1.165, 1.54) is 7.11 Å². The van der Waals surface area contributed by atoms with Crippen LogP contribution in [0.15, 0.2) is 24.3 Å². The van der Waals surface area contributed by atoms with Crippen LogP contribution < -0.4 is 0 Å². The Morgan fingerprint density at radius 1 is 1.38 bits per heavy atom. The number of nitrogens with one attached hydrogen (secondary N) is 1. The van der Waals surface area contributed by atoms with Gasteiger partial charge in [-0.1, -0.05) is 23.7 Å². The lowest BCUT2D eigenvalue weighted by molar-refractivity contribution is 0.390. The average molecular weight is 220 g/mol. The lowest BCUT2D eigenvalue weighted by Crippen LogP contribution is -2.02. The average Bonchev–Trinajstić information content (AvgIpc) is 2.09. The van der Waals surface area contributed by atoms with Gasteiger partial charge in [0.25, 0.3) is 0 Å². The SMILES string of the molecule is COC(=N)Cc1ccc(Cl)cc1.Cl. The minimum absolute atomic E-state index is 0. The number of rotatable bonds is 2. The van der Waals surface area contributed by atoms with Gasteiger partial charge in [-0.05, 0) is 17.7 Å². The van der Waals surface area contributed by atoms with E-state index >= 15 is 0 Å². The van der Waals surface area contributed by atoms with Crippen molar-refractivity contribution in [3.8, 4) is 0 Å². The summed E-state index contributed by atoms with van der Waals surface area (Å²) in [6.07, 6.45) is 0.521. The van der Waals surface area contributed by atoms with Gasteiger partial charge >= 0.3 is 0 Å². The molecule has 0 saturated carbocycles. The minimum Gasteiger partial charge on any atom is -0.484 e. The Balaban J connectivity index is 0.00000144. The highest BCUT2D eigenvalue weighted by Gasteiger charge is 1.97. The summed E-state index contributed by atoms with van der Waals surface area (Å²) in [5.74, 6) is 0.261. The van der Waals surface area contributed by atoms with E-state index in [0.29, 0.717) is 11.4 Å². The van der Waals surface area contributed by atoms with Gasteiger partial charge in [-0.15, -0.1) is 12.4 Å². The number of hydrogen-bond donors (Lipinski definition) is 1. The van der Waals surface area contributed by atoms with Crippen LogP contribution in [0, 0.1) is 5.41 Å². The van der Waals surface area contributed by atoms with Crippen LogP contribution in [0.4, 0.5) is 0 Å². The van der Waals surface area contributed by atoms with Crippen LogP contribution in [0.5, 0.6) is 0 Å². The Morgan fingerprint density at radius 3 is 2.38 bits per heavy atom. The Labute approximate surface area is 88.8 Å². The molecule has 0 fully saturated rings. The lowest BCUT2D eigenvalue weighted by atomic mass is 10.1. The van der Waals surface area contributed by atoms with Crippen molar-refractivity contribution in [3.05, 3.63) is 34.9 Å². The smallest absolute Gasteiger partial charge is 0.184 e. The molecule has 1 aromatic carbocycles. The molecule has 0 bridgehead atoms. The van der Waals surface area contributed by atoms with Crippen LogP contribution in [0.1, 0.15) is 5.56 Å². The molecule has 0 aliphatic rings. The molecule has 0 radical (unpaired) electrons. The van der Waals surface area contributed by atoms with Gasteiger partial charge in [-0.2, -0.15) is 0 Å². The van der Waals surface area contributed by atoms with Crippen LogP contribution in [0.25, 0.3) is 0 Å². The van der Waals surface area contributed by atoms with E-state index in [1.54, 1.807) is 12.1 Å². The van der Waals surface area contributed by atoms with Crippen LogP contribution in [-0.4, -0.2) is 13.0 Å². The van der Waals surface area contributed by atoms with Gasteiger partial charge in [-0.3, -0.25) is 5.41 Å². The van der Waals surface area contributed by atoms with Crippen LogP contribution in [0.3, 0.4) is 0 Å². The Bertz CT molecular complexity index is 271.